The minimum atomic E-state index is -0.762. The number of aliphatic hydroxyl groups is 1. The van der Waals surface area contributed by atoms with Gasteiger partial charge in [-0.25, -0.2) is 0 Å². The Kier molecular flexibility index (Phi) is 46.3. The molecule has 0 saturated carbocycles. The molecule has 5 heteroatoms. The fourth-order valence-electron chi connectivity index (χ4n) is 7.85. The predicted molar refractivity (Wildman–Crippen MR) is 238 cm³/mol. The summed E-state index contributed by atoms with van der Waals surface area (Å²) < 4.78 is 10.7. The lowest BCUT2D eigenvalue weighted by Crippen LogP contribution is -2.28. The second-order valence-electron chi connectivity index (χ2n) is 17.3. The first kappa shape index (κ1) is 53.9. The van der Waals surface area contributed by atoms with E-state index in [-0.39, 0.29) is 25.2 Å². The van der Waals surface area contributed by atoms with Gasteiger partial charge in [0, 0.05) is 12.8 Å². The first-order valence-corrected chi connectivity index (χ1v) is 25.1. The van der Waals surface area contributed by atoms with Crippen LogP contribution >= 0.6 is 0 Å². The lowest BCUT2D eigenvalue weighted by Gasteiger charge is -2.15. The van der Waals surface area contributed by atoms with Crippen molar-refractivity contribution in [2.75, 3.05) is 13.2 Å². The van der Waals surface area contributed by atoms with Gasteiger partial charge in [-0.15, -0.1) is 0 Å². The summed E-state index contributed by atoms with van der Waals surface area (Å²) in [5, 5.41) is 9.60. The molecule has 0 rings (SSSR count). The highest BCUT2D eigenvalue weighted by atomic mass is 16.6. The Morgan fingerprint density at radius 2 is 0.564 bits per heavy atom. The molecule has 1 atom stereocenters. The first-order chi connectivity index (χ1) is 27.1. The number of ether oxygens (including phenoxy) is 2. The van der Waals surface area contributed by atoms with Gasteiger partial charge >= 0.3 is 11.9 Å². The molecule has 0 aliphatic carbocycles. The molecular weight excluding hydrogens is 681 g/mol. The van der Waals surface area contributed by atoms with Crippen LogP contribution in [-0.4, -0.2) is 36.4 Å². The third kappa shape index (κ3) is 45.5. The Balaban J connectivity index is 3.38. The Labute approximate surface area is 344 Å². The molecule has 0 amide bonds. The number of carbonyl (C=O) groups excluding carboxylic acids is 2. The SMILES string of the molecule is CCCCCCCCCCCCCCCCCCCCCCCCCCCCCCC(=O)OC(CO)COC(=O)CCCCCCCCCCCCCCC. The van der Waals surface area contributed by atoms with Gasteiger partial charge in [0.05, 0.1) is 6.61 Å². The van der Waals surface area contributed by atoms with Crippen molar-refractivity contribution in [1.82, 2.24) is 0 Å². The number of hydrogen-bond acceptors (Lipinski definition) is 5. The van der Waals surface area contributed by atoms with E-state index >= 15 is 0 Å². The van der Waals surface area contributed by atoms with Crippen molar-refractivity contribution in [3.05, 3.63) is 0 Å². The predicted octanol–water partition coefficient (Wildman–Crippen LogP) is 16.2. The van der Waals surface area contributed by atoms with Crippen LogP contribution in [0.3, 0.4) is 0 Å². The summed E-state index contributed by atoms with van der Waals surface area (Å²) >= 11 is 0. The number of rotatable bonds is 47. The van der Waals surface area contributed by atoms with E-state index in [9.17, 15) is 14.7 Å². The third-order valence-electron chi connectivity index (χ3n) is 11.7. The lowest BCUT2D eigenvalue weighted by molar-refractivity contribution is -0.161. The van der Waals surface area contributed by atoms with E-state index in [1.165, 1.54) is 231 Å². The molecule has 55 heavy (non-hydrogen) atoms. The first-order valence-electron chi connectivity index (χ1n) is 25.1. The van der Waals surface area contributed by atoms with Gasteiger partial charge in [-0.1, -0.05) is 264 Å². The van der Waals surface area contributed by atoms with Gasteiger partial charge in [0.25, 0.3) is 0 Å². The second-order valence-corrected chi connectivity index (χ2v) is 17.3. The summed E-state index contributed by atoms with van der Waals surface area (Å²) in [5.41, 5.74) is 0. The Morgan fingerprint density at radius 3 is 0.800 bits per heavy atom. The van der Waals surface area contributed by atoms with Crippen LogP contribution in [0.1, 0.15) is 290 Å². The maximum absolute atomic E-state index is 12.2. The number of esters is 2. The molecule has 0 bridgehead atoms. The maximum atomic E-state index is 12.2. The molecule has 0 aromatic heterocycles. The number of aliphatic hydroxyl groups excluding tert-OH is 1. The van der Waals surface area contributed by atoms with Crippen LogP contribution in [-0.2, 0) is 19.1 Å². The van der Waals surface area contributed by atoms with Gasteiger partial charge in [0.1, 0.15) is 6.61 Å². The average Bonchev–Trinajstić information content (AvgIpc) is 3.19. The Morgan fingerprint density at radius 1 is 0.345 bits per heavy atom. The molecule has 0 aromatic rings. The topological polar surface area (TPSA) is 72.8 Å². The molecule has 5 nitrogen and oxygen atoms in total. The van der Waals surface area contributed by atoms with Crippen molar-refractivity contribution in [3.8, 4) is 0 Å². The fraction of sp³-hybridized carbons (Fsp3) is 0.960. The van der Waals surface area contributed by atoms with E-state index in [4.69, 9.17) is 9.47 Å². The van der Waals surface area contributed by atoms with Gasteiger partial charge in [0.2, 0.25) is 0 Å². The molecule has 0 saturated heterocycles. The summed E-state index contributed by atoms with van der Waals surface area (Å²) in [5.74, 6) is -0.570. The van der Waals surface area contributed by atoms with Gasteiger partial charge in [-0.3, -0.25) is 9.59 Å². The van der Waals surface area contributed by atoms with Crippen molar-refractivity contribution in [2.24, 2.45) is 0 Å². The molecule has 0 fully saturated rings. The minimum absolute atomic E-state index is 0.0565. The second kappa shape index (κ2) is 47.3. The van der Waals surface area contributed by atoms with E-state index in [1.54, 1.807) is 0 Å². The summed E-state index contributed by atoms with van der Waals surface area (Å²) in [6.07, 6.45) is 54.9. The van der Waals surface area contributed by atoms with Crippen LogP contribution in [0.4, 0.5) is 0 Å². The number of hydrogen-bond donors (Lipinski definition) is 1. The van der Waals surface area contributed by atoms with Gasteiger partial charge in [0.15, 0.2) is 6.10 Å². The molecule has 0 aliphatic rings. The Hall–Kier alpha value is -1.10. The monoisotopic (exact) mass is 779 g/mol. The molecule has 1 unspecified atom stereocenters. The zero-order chi connectivity index (χ0) is 40.0. The zero-order valence-electron chi connectivity index (χ0n) is 37.5. The maximum Gasteiger partial charge on any atom is 0.306 e. The van der Waals surface area contributed by atoms with Gasteiger partial charge in [-0.05, 0) is 12.8 Å². The third-order valence-corrected chi connectivity index (χ3v) is 11.7. The van der Waals surface area contributed by atoms with E-state index in [2.05, 4.69) is 13.8 Å². The van der Waals surface area contributed by atoms with Crippen LogP contribution in [0, 0.1) is 0 Å². The molecule has 0 aromatic carbocycles. The Bertz CT molecular complexity index is 754. The molecular formula is C50H98O5. The molecule has 0 heterocycles. The van der Waals surface area contributed by atoms with Crippen LogP contribution < -0.4 is 0 Å². The van der Waals surface area contributed by atoms with Crippen molar-refractivity contribution in [3.63, 3.8) is 0 Å². The quantitative estimate of drug-likeness (QED) is 0.0492. The van der Waals surface area contributed by atoms with Crippen LogP contribution in [0.25, 0.3) is 0 Å². The molecule has 328 valence electrons. The molecule has 0 spiro atoms. The zero-order valence-corrected chi connectivity index (χ0v) is 37.5. The average molecular weight is 779 g/mol. The van der Waals surface area contributed by atoms with E-state index < -0.39 is 6.10 Å². The smallest absolute Gasteiger partial charge is 0.306 e. The number of carbonyl (C=O) groups is 2. The highest BCUT2D eigenvalue weighted by Crippen LogP contribution is 2.17. The van der Waals surface area contributed by atoms with Crippen molar-refractivity contribution >= 4 is 11.9 Å². The van der Waals surface area contributed by atoms with Crippen LogP contribution in [0.2, 0.25) is 0 Å². The highest BCUT2D eigenvalue weighted by Gasteiger charge is 2.16. The summed E-state index contributed by atoms with van der Waals surface area (Å²) in [7, 11) is 0. The van der Waals surface area contributed by atoms with Crippen LogP contribution in [0.15, 0.2) is 0 Å². The minimum Gasteiger partial charge on any atom is -0.462 e. The standard InChI is InChI=1S/C50H98O5/c1-3-5-7-9-11-13-15-17-18-19-20-21-22-23-24-25-26-27-28-29-30-31-33-35-37-39-41-43-45-50(53)55-48(46-51)47-54-49(52)44-42-40-38-36-34-32-16-14-12-10-8-6-4-2/h48,51H,3-47H2,1-2H3. The lowest BCUT2D eigenvalue weighted by atomic mass is 10.0. The van der Waals surface area contributed by atoms with Gasteiger partial charge in [-0.2, -0.15) is 0 Å². The summed E-state index contributed by atoms with van der Waals surface area (Å²) in [6, 6.07) is 0. The van der Waals surface area contributed by atoms with E-state index in [1.807, 2.05) is 0 Å². The van der Waals surface area contributed by atoms with Crippen LogP contribution in [0.5, 0.6) is 0 Å². The largest absolute Gasteiger partial charge is 0.462 e. The molecule has 1 N–H and O–H groups in total. The van der Waals surface area contributed by atoms with Crippen molar-refractivity contribution in [1.29, 1.82) is 0 Å². The van der Waals surface area contributed by atoms with Crippen molar-refractivity contribution in [2.45, 2.75) is 296 Å². The van der Waals surface area contributed by atoms with Crippen molar-refractivity contribution < 1.29 is 24.2 Å². The molecule has 0 aliphatic heterocycles. The summed E-state index contributed by atoms with van der Waals surface area (Å²) in [4.78, 5) is 24.4. The van der Waals surface area contributed by atoms with E-state index in [0.29, 0.717) is 12.8 Å². The summed E-state index contributed by atoms with van der Waals surface area (Å²) in [6.45, 7) is 4.18. The highest BCUT2D eigenvalue weighted by molar-refractivity contribution is 5.70. The fourth-order valence-corrected chi connectivity index (χ4v) is 7.85. The van der Waals surface area contributed by atoms with Gasteiger partial charge < -0.3 is 14.6 Å². The number of unbranched alkanes of at least 4 members (excludes halogenated alkanes) is 39. The normalized spacial score (nSPS) is 12.0. The molecule has 0 radical (unpaired) electrons. The van der Waals surface area contributed by atoms with E-state index in [0.717, 1.165) is 32.1 Å².